The maximum absolute atomic E-state index is 12.9. The number of hydrogen-bond donors (Lipinski definition) is 0. The quantitative estimate of drug-likeness (QED) is 0.630. The summed E-state index contributed by atoms with van der Waals surface area (Å²) in [6, 6.07) is 9.84. The zero-order valence-corrected chi connectivity index (χ0v) is 11.8. The van der Waals surface area contributed by atoms with Crippen LogP contribution in [-0.2, 0) is 0 Å². The number of thiophene rings is 1. The van der Waals surface area contributed by atoms with Gasteiger partial charge in [-0.1, -0.05) is 24.3 Å². The van der Waals surface area contributed by atoms with Crippen molar-refractivity contribution in [1.29, 1.82) is 0 Å². The van der Waals surface area contributed by atoms with E-state index in [-0.39, 0.29) is 11.7 Å². The molecule has 0 amide bonds. The summed E-state index contributed by atoms with van der Waals surface area (Å²) in [4.78, 5) is 18.4. The minimum absolute atomic E-state index is 0.0681. The summed E-state index contributed by atoms with van der Waals surface area (Å²) >= 11 is 1.77. The Morgan fingerprint density at radius 1 is 1.15 bits per heavy atom. The minimum Gasteiger partial charge on any atom is -0.292 e. The number of allylic oxidation sites excluding steroid dienone is 2. The highest BCUT2D eigenvalue weighted by molar-refractivity contribution is 7.10. The van der Waals surface area contributed by atoms with Crippen molar-refractivity contribution >= 4 is 17.1 Å². The van der Waals surface area contributed by atoms with Crippen molar-refractivity contribution in [2.45, 2.75) is 12.3 Å². The summed E-state index contributed by atoms with van der Waals surface area (Å²) < 4.78 is 0. The first kappa shape index (κ1) is 12.0. The molecule has 0 unspecified atom stereocenters. The number of carbonyl (C=O) groups excluding carboxylic acids is 1. The second-order valence-electron chi connectivity index (χ2n) is 5.59. The van der Waals surface area contributed by atoms with Crippen molar-refractivity contribution in [3.05, 3.63) is 64.6 Å². The molecular weight excluding hydrogens is 266 g/mol. The molecule has 0 aliphatic heterocycles. The SMILES string of the molecule is O=C(c1ccccn1)[C@@H]1[C@@H](c2cccs2)[C@@H]2C=C[C@H]1C2. The van der Waals surface area contributed by atoms with Crippen LogP contribution in [0.15, 0.2) is 54.1 Å². The topological polar surface area (TPSA) is 30.0 Å². The van der Waals surface area contributed by atoms with Gasteiger partial charge >= 0.3 is 0 Å². The van der Waals surface area contributed by atoms with E-state index in [1.165, 1.54) is 4.88 Å². The average molecular weight is 281 g/mol. The number of rotatable bonds is 3. The molecule has 0 saturated heterocycles. The van der Waals surface area contributed by atoms with Gasteiger partial charge in [0.05, 0.1) is 0 Å². The van der Waals surface area contributed by atoms with E-state index in [2.05, 4.69) is 34.6 Å². The highest BCUT2D eigenvalue weighted by Gasteiger charge is 2.49. The molecule has 2 aliphatic rings. The molecule has 0 aromatic carbocycles. The van der Waals surface area contributed by atoms with Crippen LogP contribution in [0, 0.1) is 17.8 Å². The maximum atomic E-state index is 12.9. The van der Waals surface area contributed by atoms with Gasteiger partial charge in [-0.2, -0.15) is 0 Å². The first-order chi connectivity index (χ1) is 9.84. The van der Waals surface area contributed by atoms with Gasteiger partial charge in [-0.25, -0.2) is 0 Å². The van der Waals surface area contributed by atoms with Gasteiger partial charge in [0.2, 0.25) is 0 Å². The van der Waals surface area contributed by atoms with Crippen molar-refractivity contribution in [3.8, 4) is 0 Å². The molecule has 0 N–H and O–H groups in total. The Hall–Kier alpha value is -1.74. The number of carbonyl (C=O) groups is 1. The van der Waals surface area contributed by atoms with Crippen LogP contribution in [0.4, 0.5) is 0 Å². The van der Waals surface area contributed by atoms with Gasteiger partial charge in [0.15, 0.2) is 5.78 Å². The van der Waals surface area contributed by atoms with E-state index < -0.39 is 0 Å². The fourth-order valence-corrected chi connectivity index (χ4v) is 4.68. The van der Waals surface area contributed by atoms with E-state index in [9.17, 15) is 4.79 Å². The second kappa shape index (κ2) is 4.67. The number of aromatic nitrogens is 1. The number of fused-ring (bicyclic) bond motifs is 2. The van der Waals surface area contributed by atoms with Crippen LogP contribution in [0.1, 0.15) is 27.7 Å². The molecule has 100 valence electrons. The van der Waals surface area contributed by atoms with Crippen molar-refractivity contribution < 1.29 is 4.79 Å². The number of nitrogens with zero attached hydrogens (tertiary/aromatic N) is 1. The third kappa shape index (κ3) is 1.77. The van der Waals surface area contributed by atoms with Crippen molar-refractivity contribution in [2.24, 2.45) is 17.8 Å². The molecular formula is C17H15NOS. The Morgan fingerprint density at radius 3 is 2.80 bits per heavy atom. The Bertz CT molecular complexity index is 647. The van der Waals surface area contributed by atoms with E-state index in [1.807, 2.05) is 18.2 Å². The molecule has 2 nitrogen and oxygen atoms in total. The average Bonchev–Trinajstić information content (AvgIpc) is 3.22. The van der Waals surface area contributed by atoms with Crippen molar-refractivity contribution in [2.75, 3.05) is 0 Å². The number of Topliss-reactive ketones (excluding diaryl/α,β-unsaturated/α-hetero) is 1. The second-order valence-corrected chi connectivity index (χ2v) is 6.57. The normalized spacial score (nSPS) is 30.8. The third-order valence-corrected chi connectivity index (χ3v) is 5.52. The lowest BCUT2D eigenvalue weighted by atomic mass is 9.78. The molecule has 0 radical (unpaired) electrons. The van der Waals surface area contributed by atoms with Gasteiger partial charge in [-0.15, -0.1) is 11.3 Å². The van der Waals surface area contributed by atoms with Gasteiger partial charge in [-0.3, -0.25) is 9.78 Å². The largest absolute Gasteiger partial charge is 0.292 e. The first-order valence-electron chi connectivity index (χ1n) is 7.01. The number of pyridine rings is 1. The Labute approximate surface area is 122 Å². The monoisotopic (exact) mass is 281 g/mol. The van der Waals surface area contributed by atoms with E-state index in [4.69, 9.17) is 0 Å². The van der Waals surface area contributed by atoms with Crippen molar-refractivity contribution in [1.82, 2.24) is 4.98 Å². The van der Waals surface area contributed by atoms with Crippen LogP contribution in [0.25, 0.3) is 0 Å². The summed E-state index contributed by atoms with van der Waals surface area (Å²) in [7, 11) is 0. The summed E-state index contributed by atoms with van der Waals surface area (Å²) in [5, 5.41) is 2.10. The predicted octanol–water partition coefficient (Wildman–Crippen LogP) is 3.93. The lowest BCUT2D eigenvalue weighted by Gasteiger charge is -2.25. The van der Waals surface area contributed by atoms with Crippen LogP contribution in [0.5, 0.6) is 0 Å². The molecule has 0 spiro atoms. The fourth-order valence-electron chi connectivity index (χ4n) is 3.73. The molecule has 2 aromatic rings. The molecule has 4 atom stereocenters. The molecule has 1 fully saturated rings. The molecule has 2 aromatic heterocycles. The van der Waals surface area contributed by atoms with E-state index >= 15 is 0 Å². The molecule has 3 heteroatoms. The number of ketones is 1. The molecule has 20 heavy (non-hydrogen) atoms. The summed E-state index contributed by atoms with van der Waals surface area (Å²) in [5.74, 6) is 1.54. The Balaban J connectivity index is 1.73. The van der Waals surface area contributed by atoms with E-state index in [0.29, 0.717) is 23.4 Å². The lowest BCUT2D eigenvalue weighted by molar-refractivity contribution is 0.0882. The van der Waals surface area contributed by atoms with Gasteiger partial charge in [0, 0.05) is 22.9 Å². The zero-order chi connectivity index (χ0) is 13.5. The Kier molecular flexibility index (Phi) is 2.81. The van der Waals surface area contributed by atoms with Crippen LogP contribution >= 0.6 is 11.3 Å². The summed E-state index contributed by atoms with van der Waals surface area (Å²) in [6.07, 6.45) is 7.36. The standard InChI is InChI=1S/C17H15NOS/c19-17(13-4-1-2-8-18-13)16-12-7-6-11(10-12)15(16)14-5-3-9-20-14/h1-9,11-12,15-16H,10H2/t11-,12+,15-,16+/m1/s1. The Morgan fingerprint density at radius 2 is 2.05 bits per heavy atom. The molecule has 2 bridgehead atoms. The van der Waals surface area contributed by atoms with Crippen molar-refractivity contribution in [3.63, 3.8) is 0 Å². The van der Waals surface area contributed by atoms with Gasteiger partial charge < -0.3 is 0 Å². The fraction of sp³-hybridized carbons (Fsp3) is 0.294. The minimum atomic E-state index is 0.0681. The van der Waals surface area contributed by atoms with Crippen LogP contribution in [0.2, 0.25) is 0 Å². The summed E-state index contributed by atoms with van der Waals surface area (Å²) in [5.41, 5.74) is 0.611. The van der Waals surface area contributed by atoms with Crippen LogP contribution in [0.3, 0.4) is 0 Å². The van der Waals surface area contributed by atoms with E-state index in [0.717, 1.165) is 6.42 Å². The molecule has 2 heterocycles. The molecule has 2 aliphatic carbocycles. The number of hydrogen-bond acceptors (Lipinski definition) is 3. The predicted molar refractivity (Wildman–Crippen MR) is 79.9 cm³/mol. The highest BCUT2D eigenvalue weighted by atomic mass is 32.1. The first-order valence-corrected chi connectivity index (χ1v) is 7.89. The lowest BCUT2D eigenvalue weighted by Crippen LogP contribution is -2.26. The highest BCUT2D eigenvalue weighted by Crippen LogP contribution is 2.54. The van der Waals surface area contributed by atoms with Gasteiger partial charge in [0.25, 0.3) is 0 Å². The smallest absolute Gasteiger partial charge is 0.185 e. The molecule has 1 saturated carbocycles. The van der Waals surface area contributed by atoms with Crippen LogP contribution < -0.4 is 0 Å². The zero-order valence-electron chi connectivity index (χ0n) is 11.0. The summed E-state index contributed by atoms with van der Waals surface area (Å²) in [6.45, 7) is 0. The van der Waals surface area contributed by atoms with E-state index in [1.54, 1.807) is 17.5 Å². The van der Waals surface area contributed by atoms with Gasteiger partial charge in [0.1, 0.15) is 5.69 Å². The molecule has 4 rings (SSSR count). The maximum Gasteiger partial charge on any atom is 0.185 e. The van der Waals surface area contributed by atoms with Gasteiger partial charge in [-0.05, 0) is 41.8 Å². The van der Waals surface area contributed by atoms with Crippen LogP contribution in [-0.4, -0.2) is 10.8 Å². The third-order valence-electron chi connectivity index (χ3n) is 4.55.